The molecule has 1 atom stereocenters. The summed E-state index contributed by atoms with van der Waals surface area (Å²) >= 11 is 11.8. The minimum absolute atomic E-state index is 0.0876. The fourth-order valence-electron chi connectivity index (χ4n) is 1.88. The van der Waals surface area contributed by atoms with Gasteiger partial charge in [-0.3, -0.25) is 4.79 Å². The summed E-state index contributed by atoms with van der Waals surface area (Å²) in [5.74, 6) is -0.603. The fraction of sp³-hybridized carbons (Fsp3) is 0.176. The molecule has 0 saturated carbocycles. The van der Waals surface area contributed by atoms with Gasteiger partial charge in [-0.05, 0) is 31.2 Å². The summed E-state index contributed by atoms with van der Waals surface area (Å²) in [6.45, 7) is 1.46. The van der Waals surface area contributed by atoms with Crippen LogP contribution in [0.2, 0.25) is 10.0 Å². The third-order valence-electron chi connectivity index (χ3n) is 3.16. The van der Waals surface area contributed by atoms with E-state index in [0.29, 0.717) is 11.4 Å². The van der Waals surface area contributed by atoms with Crippen molar-refractivity contribution in [3.8, 4) is 5.75 Å². The normalized spacial score (nSPS) is 11.5. The Labute approximate surface area is 149 Å². The number of anilines is 1. The van der Waals surface area contributed by atoms with E-state index in [-0.39, 0.29) is 15.6 Å². The highest BCUT2D eigenvalue weighted by Crippen LogP contribution is 2.26. The van der Waals surface area contributed by atoms with E-state index in [2.05, 4.69) is 5.32 Å². The molecule has 0 radical (unpaired) electrons. The molecule has 5 nitrogen and oxygen atoms in total. The van der Waals surface area contributed by atoms with E-state index in [9.17, 15) is 9.59 Å². The zero-order chi connectivity index (χ0) is 17.7. The summed E-state index contributed by atoms with van der Waals surface area (Å²) in [4.78, 5) is 24.3. The van der Waals surface area contributed by atoms with Gasteiger partial charge in [0.05, 0.1) is 22.7 Å². The number of carbonyl (C=O) groups is 2. The van der Waals surface area contributed by atoms with Crippen LogP contribution in [0.1, 0.15) is 17.3 Å². The fourth-order valence-corrected chi connectivity index (χ4v) is 2.26. The number of hydrogen-bond donors (Lipinski definition) is 1. The van der Waals surface area contributed by atoms with Crippen molar-refractivity contribution in [2.24, 2.45) is 0 Å². The minimum Gasteiger partial charge on any atom is -0.497 e. The monoisotopic (exact) mass is 367 g/mol. The summed E-state index contributed by atoms with van der Waals surface area (Å²) < 4.78 is 10.2. The van der Waals surface area contributed by atoms with Crippen LogP contribution in [-0.4, -0.2) is 25.1 Å². The van der Waals surface area contributed by atoms with E-state index in [1.807, 2.05) is 0 Å². The van der Waals surface area contributed by atoms with Crippen LogP contribution in [0.25, 0.3) is 0 Å². The third kappa shape index (κ3) is 4.40. The average Bonchev–Trinajstić information content (AvgIpc) is 2.57. The molecule has 2 rings (SSSR count). The molecule has 126 valence electrons. The van der Waals surface area contributed by atoms with Gasteiger partial charge in [-0.15, -0.1) is 0 Å². The first-order chi connectivity index (χ1) is 11.4. The maximum absolute atomic E-state index is 12.1. The minimum atomic E-state index is -1.02. The average molecular weight is 368 g/mol. The molecule has 7 heteroatoms. The molecule has 0 heterocycles. The predicted octanol–water partition coefficient (Wildman–Crippen LogP) is 4.19. The molecule has 0 aliphatic rings. The summed E-state index contributed by atoms with van der Waals surface area (Å²) in [5, 5.41) is 2.97. The van der Waals surface area contributed by atoms with Gasteiger partial charge in [0.25, 0.3) is 5.91 Å². The van der Waals surface area contributed by atoms with E-state index in [1.54, 1.807) is 36.4 Å². The van der Waals surface area contributed by atoms with Gasteiger partial charge in [0.1, 0.15) is 5.75 Å². The number of hydrogen-bond acceptors (Lipinski definition) is 4. The summed E-state index contributed by atoms with van der Waals surface area (Å²) in [7, 11) is 1.53. The smallest absolute Gasteiger partial charge is 0.340 e. The summed E-state index contributed by atoms with van der Waals surface area (Å²) in [6, 6.07) is 11.4. The lowest BCUT2D eigenvalue weighted by Crippen LogP contribution is -2.30. The first-order valence-corrected chi connectivity index (χ1v) is 7.78. The molecule has 0 fully saturated rings. The second-order valence-corrected chi connectivity index (χ2v) is 5.66. The van der Waals surface area contributed by atoms with Crippen molar-refractivity contribution >= 4 is 40.8 Å². The van der Waals surface area contributed by atoms with Crippen LogP contribution in [-0.2, 0) is 9.53 Å². The van der Waals surface area contributed by atoms with Gasteiger partial charge in [-0.25, -0.2) is 4.79 Å². The van der Waals surface area contributed by atoms with Gasteiger partial charge in [0, 0.05) is 11.8 Å². The van der Waals surface area contributed by atoms with Gasteiger partial charge >= 0.3 is 5.97 Å². The number of rotatable bonds is 5. The highest BCUT2D eigenvalue weighted by molar-refractivity contribution is 6.43. The molecule has 0 spiro atoms. The van der Waals surface area contributed by atoms with Crippen LogP contribution in [0.5, 0.6) is 5.75 Å². The molecular formula is C17H15Cl2NO4. The molecule has 2 aromatic carbocycles. The number of benzene rings is 2. The van der Waals surface area contributed by atoms with Crippen molar-refractivity contribution < 1.29 is 19.1 Å². The number of methoxy groups -OCH3 is 1. The molecule has 0 aliphatic heterocycles. The largest absolute Gasteiger partial charge is 0.497 e. The maximum atomic E-state index is 12.1. The van der Waals surface area contributed by atoms with Crippen LogP contribution in [0.15, 0.2) is 42.5 Å². The first kappa shape index (κ1) is 18.1. The lowest BCUT2D eigenvalue weighted by atomic mass is 10.2. The van der Waals surface area contributed by atoms with Crippen molar-refractivity contribution in [3.05, 3.63) is 58.1 Å². The molecule has 0 saturated heterocycles. The van der Waals surface area contributed by atoms with E-state index in [4.69, 9.17) is 32.7 Å². The third-order valence-corrected chi connectivity index (χ3v) is 3.98. The van der Waals surface area contributed by atoms with Crippen LogP contribution in [0.3, 0.4) is 0 Å². The number of halogens is 2. The van der Waals surface area contributed by atoms with E-state index >= 15 is 0 Å². The molecular weight excluding hydrogens is 353 g/mol. The highest BCUT2D eigenvalue weighted by Gasteiger charge is 2.21. The first-order valence-electron chi connectivity index (χ1n) is 7.02. The molecule has 24 heavy (non-hydrogen) atoms. The number of carbonyl (C=O) groups excluding carboxylic acids is 2. The Bertz CT molecular complexity index is 764. The molecule has 0 aliphatic carbocycles. The lowest BCUT2D eigenvalue weighted by molar-refractivity contribution is -0.123. The Morgan fingerprint density at radius 3 is 2.54 bits per heavy atom. The number of nitrogens with one attached hydrogen (secondary N) is 1. The van der Waals surface area contributed by atoms with Gasteiger partial charge in [-0.1, -0.05) is 35.3 Å². The second kappa shape index (κ2) is 8.04. The Morgan fingerprint density at radius 2 is 1.83 bits per heavy atom. The Morgan fingerprint density at radius 1 is 1.12 bits per heavy atom. The van der Waals surface area contributed by atoms with Crippen LogP contribution in [0.4, 0.5) is 5.69 Å². The molecule has 0 bridgehead atoms. The molecule has 0 aromatic heterocycles. The van der Waals surface area contributed by atoms with Crippen molar-refractivity contribution in [1.82, 2.24) is 0 Å². The molecule has 0 unspecified atom stereocenters. The van der Waals surface area contributed by atoms with Crippen LogP contribution >= 0.6 is 23.2 Å². The number of esters is 1. The maximum Gasteiger partial charge on any atom is 0.340 e. The zero-order valence-electron chi connectivity index (χ0n) is 13.0. The van der Waals surface area contributed by atoms with Crippen LogP contribution in [0, 0.1) is 0 Å². The quantitative estimate of drug-likeness (QED) is 0.804. The Hall–Kier alpha value is -2.24. The predicted molar refractivity (Wildman–Crippen MR) is 93.0 cm³/mol. The zero-order valence-corrected chi connectivity index (χ0v) is 14.5. The van der Waals surface area contributed by atoms with Crippen molar-refractivity contribution in [2.75, 3.05) is 12.4 Å². The lowest BCUT2D eigenvalue weighted by Gasteiger charge is -2.14. The van der Waals surface area contributed by atoms with Crippen molar-refractivity contribution in [1.29, 1.82) is 0 Å². The SMILES string of the molecule is COc1cccc(NC(=O)[C@@H](C)OC(=O)c2cccc(Cl)c2Cl)c1. The van der Waals surface area contributed by atoms with E-state index in [1.165, 1.54) is 20.1 Å². The van der Waals surface area contributed by atoms with Gasteiger partial charge in [0.15, 0.2) is 6.10 Å². The van der Waals surface area contributed by atoms with E-state index < -0.39 is 18.0 Å². The van der Waals surface area contributed by atoms with E-state index in [0.717, 1.165) is 0 Å². The van der Waals surface area contributed by atoms with Gasteiger partial charge < -0.3 is 14.8 Å². The Kier molecular flexibility index (Phi) is 6.06. The standard InChI is InChI=1S/C17H15Cl2NO4/c1-10(16(21)20-11-5-3-6-12(9-11)23-2)24-17(22)13-7-4-8-14(18)15(13)19/h3-10H,1-2H3,(H,20,21)/t10-/m1/s1. The highest BCUT2D eigenvalue weighted by atomic mass is 35.5. The molecule has 2 aromatic rings. The van der Waals surface area contributed by atoms with Crippen LogP contribution < -0.4 is 10.1 Å². The van der Waals surface area contributed by atoms with Crippen molar-refractivity contribution in [3.63, 3.8) is 0 Å². The molecule has 1 N–H and O–H groups in total. The Balaban J connectivity index is 2.03. The second-order valence-electron chi connectivity index (χ2n) is 4.87. The van der Waals surface area contributed by atoms with Gasteiger partial charge in [-0.2, -0.15) is 0 Å². The van der Waals surface area contributed by atoms with Gasteiger partial charge in [0.2, 0.25) is 0 Å². The number of ether oxygens (including phenoxy) is 2. The number of amides is 1. The van der Waals surface area contributed by atoms with Crippen molar-refractivity contribution in [2.45, 2.75) is 13.0 Å². The topological polar surface area (TPSA) is 64.6 Å². The summed E-state index contributed by atoms with van der Waals surface area (Å²) in [6.07, 6.45) is -1.02. The summed E-state index contributed by atoms with van der Waals surface area (Å²) in [5.41, 5.74) is 0.633. The molecule has 1 amide bonds.